The Hall–Kier alpha value is -1.22. The number of hydrogen-bond donors (Lipinski definition) is 2. The Labute approximate surface area is 113 Å². The second-order valence-corrected chi connectivity index (χ2v) is 5.86. The summed E-state index contributed by atoms with van der Waals surface area (Å²) in [6.07, 6.45) is 2.20. The number of pyridine rings is 1. The van der Waals surface area contributed by atoms with Crippen LogP contribution in [0.2, 0.25) is 0 Å². The molecular formula is C11H20N4O3S. The Morgan fingerprint density at radius 1 is 1.53 bits per heavy atom. The first-order chi connectivity index (χ1) is 8.99. The van der Waals surface area contributed by atoms with Crippen molar-refractivity contribution < 1.29 is 13.2 Å². The van der Waals surface area contributed by atoms with Crippen LogP contribution in [0.4, 0.5) is 0 Å². The highest BCUT2D eigenvalue weighted by Gasteiger charge is 2.16. The van der Waals surface area contributed by atoms with Gasteiger partial charge in [0.25, 0.3) is 10.2 Å². The lowest BCUT2D eigenvalue weighted by Crippen LogP contribution is -2.38. The van der Waals surface area contributed by atoms with Gasteiger partial charge in [-0.2, -0.15) is 17.4 Å². The fraction of sp³-hybridized carbons (Fsp3) is 0.545. The number of nitrogens with zero attached hydrogens (tertiary/aromatic N) is 2. The van der Waals surface area contributed by atoms with Crippen molar-refractivity contribution in [3.8, 4) is 5.88 Å². The van der Waals surface area contributed by atoms with E-state index in [9.17, 15) is 8.42 Å². The molecule has 3 N–H and O–H groups in total. The first kappa shape index (κ1) is 15.8. The number of nitrogens with one attached hydrogen (secondary N) is 1. The summed E-state index contributed by atoms with van der Waals surface area (Å²) in [6, 6.07) is 3.41. The van der Waals surface area contributed by atoms with Crippen molar-refractivity contribution in [2.75, 3.05) is 27.2 Å². The van der Waals surface area contributed by atoms with E-state index in [0.717, 1.165) is 5.56 Å². The van der Waals surface area contributed by atoms with E-state index in [0.29, 0.717) is 25.4 Å². The molecule has 0 radical (unpaired) electrons. The third-order valence-electron chi connectivity index (χ3n) is 2.55. The quantitative estimate of drug-likeness (QED) is 0.685. The van der Waals surface area contributed by atoms with Gasteiger partial charge in [0.1, 0.15) is 0 Å². The maximum Gasteiger partial charge on any atom is 0.279 e. The largest absolute Gasteiger partial charge is 0.481 e. The predicted octanol–water partition coefficient (Wildman–Crippen LogP) is -0.295. The molecule has 0 saturated heterocycles. The van der Waals surface area contributed by atoms with E-state index in [-0.39, 0.29) is 6.54 Å². The molecule has 0 saturated carbocycles. The highest BCUT2D eigenvalue weighted by atomic mass is 32.2. The fourth-order valence-corrected chi connectivity index (χ4v) is 2.33. The second kappa shape index (κ2) is 7.39. The molecular weight excluding hydrogens is 268 g/mol. The molecule has 0 fully saturated rings. The maximum absolute atomic E-state index is 11.9. The SMILES string of the molecule is COc1cc(CNS(=O)(=O)N(C)CCCN)ccn1. The molecule has 0 spiro atoms. The molecule has 0 aliphatic carbocycles. The van der Waals surface area contributed by atoms with Crippen molar-refractivity contribution >= 4 is 10.2 Å². The summed E-state index contributed by atoms with van der Waals surface area (Å²) >= 11 is 0. The van der Waals surface area contributed by atoms with Crippen molar-refractivity contribution in [1.29, 1.82) is 0 Å². The van der Waals surface area contributed by atoms with E-state index in [2.05, 4.69) is 9.71 Å². The van der Waals surface area contributed by atoms with Crippen LogP contribution in [0.25, 0.3) is 0 Å². The van der Waals surface area contributed by atoms with Crippen molar-refractivity contribution in [2.24, 2.45) is 5.73 Å². The molecule has 0 unspecified atom stereocenters. The summed E-state index contributed by atoms with van der Waals surface area (Å²) in [6.45, 7) is 1.04. The van der Waals surface area contributed by atoms with Gasteiger partial charge in [-0.15, -0.1) is 0 Å². The van der Waals surface area contributed by atoms with E-state index < -0.39 is 10.2 Å². The van der Waals surface area contributed by atoms with Gasteiger partial charge >= 0.3 is 0 Å². The molecule has 0 bridgehead atoms. The normalized spacial score (nSPS) is 11.8. The predicted molar refractivity (Wildman–Crippen MR) is 72.8 cm³/mol. The molecule has 0 aromatic carbocycles. The smallest absolute Gasteiger partial charge is 0.279 e. The molecule has 0 amide bonds. The van der Waals surface area contributed by atoms with Gasteiger partial charge < -0.3 is 10.5 Å². The van der Waals surface area contributed by atoms with Crippen LogP contribution in [0.3, 0.4) is 0 Å². The topological polar surface area (TPSA) is 97.5 Å². The summed E-state index contributed by atoms with van der Waals surface area (Å²) in [5.41, 5.74) is 6.13. The Morgan fingerprint density at radius 3 is 2.89 bits per heavy atom. The van der Waals surface area contributed by atoms with Crippen molar-refractivity contribution in [3.63, 3.8) is 0 Å². The molecule has 7 nitrogen and oxygen atoms in total. The van der Waals surface area contributed by atoms with Crippen LogP contribution < -0.4 is 15.2 Å². The van der Waals surface area contributed by atoms with Gasteiger partial charge in [0.15, 0.2) is 0 Å². The first-order valence-electron chi connectivity index (χ1n) is 5.89. The Kier molecular flexibility index (Phi) is 6.16. The van der Waals surface area contributed by atoms with E-state index in [4.69, 9.17) is 10.5 Å². The number of rotatable bonds is 8. The Morgan fingerprint density at radius 2 is 2.26 bits per heavy atom. The molecule has 8 heteroatoms. The van der Waals surface area contributed by atoms with Crippen molar-refractivity contribution in [2.45, 2.75) is 13.0 Å². The monoisotopic (exact) mass is 288 g/mol. The molecule has 0 aliphatic rings. The summed E-state index contributed by atoms with van der Waals surface area (Å²) in [5.74, 6) is 0.452. The summed E-state index contributed by atoms with van der Waals surface area (Å²) < 4.78 is 32.5. The van der Waals surface area contributed by atoms with E-state index >= 15 is 0 Å². The van der Waals surface area contributed by atoms with E-state index in [1.54, 1.807) is 18.3 Å². The van der Waals surface area contributed by atoms with E-state index in [1.165, 1.54) is 18.5 Å². The molecule has 0 aliphatic heterocycles. The number of ether oxygens (including phenoxy) is 1. The maximum atomic E-state index is 11.9. The van der Waals surface area contributed by atoms with Gasteiger partial charge in [0, 0.05) is 32.4 Å². The average Bonchev–Trinajstić information content (AvgIpc) is 2.42. The number of nitrogens with two attached hydrogens (primary N) is 1. The standard InChI is InChI=1S/C11H20N4O3S/c1-15(7-3-5-12)19(16,17)14-9-10-4-6-13-11(8-10)18-2/h4,6,8,14H,3,5,7,9,12H2,1-2H3. The summed E-state index contributed by atoms with van der Waals surface area (Å²) in [5, 5.41) is 0. The van der Waals surface area contributed by atoms with Crippen LogP contribution in [-0.2, 0) is 16.8 Å². The molecule has 0 atom stereocenters. The summed E-state index contributed by atoms with van der Waals surface area (Å²) in [4.78, 5) is 3.95. The minimum absolute atomic E-state index is 0.189. The van der Waals surface area contributed by atoms with Gasteiger partial charge in [0.2, 0.25) is 5.88 Å². The molecule has 1 aromatic heterocycles. The molecule has 1 heterocycles. The first-order valence-corrected chi connectivity index (χ1v) is 7.33. The zero-order chi connectivity index (χ0) is 14.3. The molecule has 108 valence electrons. The zero-order valence-corrected chi connectivity index (χ0v) is 12.0. The minimum Gasteiger partial charge on any atom is -0.481 e. The summed E-state index contributed by atoms with van der Waals surface area (Å²) in [7, 11) is -0.454. The van der Waals surface area contributed by atoms with Crippen LogP contribution in [0.1, 0.15) is 12.0 Å². The lowest BCUT2D eigenvalue weighted by Gasteiger charge is -2.17. The third-order valence-corrected chi connectivity index (χ3v) is 4.07. The van der Waals surface area contributed by atoms with Crippen LogP contribution in [0.15, 0.2) is 18.3 Å². The van der Waals surface area contributed by atoms with Gasteiger partial charge in [0.05, 0.1) is 7.11 Å². The van der Waals surface area contributed by atoms with Crippen molar-refractivity contribution in [1.82, 2.24) is 14.0 Å². The van der Waals surface area contributed by atoms with Gasteiger partial charge in [-0.25, -0.2) is 4.98 Å². The van der Waals surface area contributed by atoms with Crippen LogP contribution in [-0.4, -0.2) is 45.0 Å². The second-order valence-electron chi connectivity index (χ2n) is 4.00. The van der Waals surface area contributed by atoms with Crippen LogP contribution in [0, 0.1) is 0 Å². The lowest BCUT2D eigenvalue weighted by atomic mass is 10.3. The minimum atomic E-state index is -3.48. The lowest BCUT2D eigenvalue weighted by molar-refractivity contribution is 0.397. The van der Waals surface area contributed by atoms with Crippen LogP contribution in [0.5, 0.6) is 5.88 Å². The molecule has 19 heavy (non-hydrogen) atoms. The number of methoxy groups -OCH3 is 1. The van der Waals surface area contributed by atoms with E-state index in [1.807, 2.05) is 0 Å². The van der Waals surface area contributed by atoms with Crippen molar-refractivity contribution in [3.05, 3.63) is 23.9 Å². The van der Waals surface area contributed by atoms with Gasteiger partial charge in [-0.3, -0.25) is 0 Å². The highest BCUT2D eigenvalue weighted by Crippen LogP contribution is 2.08. The van der Waals surface area contributed by atoms with Gasteiger partial charge in [-0.05, 0) is 24.6 Å². The Bertz CT molecular complexity index is 492. The zero-order valence-electron chi connectivity index (χ0n) is 11.2. The van der Waals surface area contributed by atoms with Gasteiger partial charge in [-0.1, -0.05) is 0 Å². The molecule has 1 aromatic rings. The average molecular weight is 288 g/mol. The number of hydrogen-bond acceptors (Lipinski definition) is 5. The number of aromatic nitrogens is 1. The van der Waals surface area contributed by atoms with Crippen LogP contribution >= 0.6 is 0 Å². The molecule has 1 rings (SSSR count). The fourth-order valence-electron chi connectivity index (χ4n) is 1.39. The highest BCUT2D eigenvalue weighted by molar-refractivity contribution is 7.87. The Balaban J connectivity index is 2.59. The third kappa shape index (κ3) is 5.11.